The number of hydrogen-bond donors (Lipinski definition) is 2. The molecule has 1 amide bonds. The zero-order chi connectivity index (χ0) is 24.6. The van der Waals surface area contributed by atoms with Crippen molar-refractivity contribution in [3.8, 4) is 0 Å². The van der Waals surface area contributed by atoms with E-state index >= 15 is 0 Å². The van der Waals surface area contributed by atoms with E-state index in [2.05, 4.69) is 10.4 Å². The summed E-state index contributed by atoms with van der Waals surface area (Å²) in [4.78, 5) is 25.9. The summed E-state index contributed by atoms with van der Waals surface area (Å²) in [6.45, 7) is 4.57. The SMILES string of the molecule is Cc1cccc(CN2CCn3nc(C(F)(F)F)c(C(=O)NC(C)c4ccc(C(=O)O)cc4)c32)c1. The number of hydrogen-bond acceptors (Lipinski definition) is 4. The van der Waals surface area contributed by atoms with E-state index in [0.717, 1.165) is 11.1 Å². The monoisotopic (exact) mass is 472 g/mol. The Hall–Kier alpha value is -3.82. The molecule has 0 fully saturated rings. The number of aromatic nitrogens is 2. The van der Waals surface area contributed by atoms with Crippen LogP contribution in [0, 0.1) is 6.92 Å². The number of nitrogens with one attached hydrogen (secondary N) is 1. The van der Waals surface area contributed by atoms with Gasteiger partial charge in [0.25, 0.3) is 5.91 Å². The first-order valence-corrected chi connectivity index (χ1v) is 10.7. The molecule has 1 aromatic heterocycles. The molecule has 10 heteroatoms. The molecule has 0 spiro atoms. The summed E-state index contributed by atoms with van der Waals surface area (Å²) in [6, 6.07) is 12.8. The summed E-state index contributed by atoms with van der Waals surface area (Å²) in [5.41, 5.74) is 0.854. The van der Waals surface area contributed by atoms with Crippen molar-refractivity contribution in [2.45, 2.75) is 39.2 Å². The first kappa shape index (κ1) is 23.3. The quantitative estimate of drug-likeness (QED) is 0.555. The van der Waals surface area contributed by atoms with E-state index in [9.17, 15) is 22.8 Å². The molecule has 2 heterocycles. The molecule has 34 heavy (non-hydrogen) atoms. The number of benzene rings is 2. The van der Waals surface area contributed by atoms with E-state index in [0.29, 0.717) is 18.7 Å². The van der Waals surface area contributed by atoms with Crippen molar-refractivity contribution in [2.24, 2.45) is 0 Å². The van der Waals surface area contributed by atoms with Crippen LogP contribution in [-0.4, -0.2) is 33.3 Å². The van der Waals surface area contributed by atoms with Crippen LogP contribution in [0.3, 0.4) is 0 Å². The molecule has 2 aromatic carbocycles. The molecule has 0 saturated carbocycles. The zero-order valence-electron chi connectivity index (χ0n) is 18.6. The van der Waals surface area contributed by atoms with Gasteiger partial charge >= 0.3 is 12.1 Å². The van der Waals surface area contributed by atoms with Crippen LogP contribution in [0.15, 0.2) is 48.5 Å². The largest absolute Gasteiger partial charge is 0.478 e. The smallest absolute Gasteiger partial charge is 0.436 e. The molecule has 4 rings (SSSR count). The summed E-state index contributed by atoms with van der Waals surface area (Å²) < 4.78 is 42.7. The minimum atomic E-state index is -4.80. The third kappa shape index (κ3) is 4.61. The van der Waals surface area contributed by atoms with Gasteiger partial charge in [-0.3, -0.25) is 4.79 Å². The number of alkyl halides is 3. The topological polar surface area (TPSA) is 87.5 Å². The average molecular weight is 472 g/mol. The summed E-state index contributed by atoms with van der Waals surface area (Å²) in [5, 5.41) is 15.4. The number of carboxylic acid groups (broad SMARTS) is 1. The van der Waals surface area contributed by atoms with Crippen LogP contribution in [0.4, 0.5) is 19.0 Å². The number of fused-ring (bicyclic) bond motifs is 1. The Kier molecular flexibility index (Phi) is 6.07. The van der Waals surface area contributed by atoms with Gasteiger partial charge in [-0.05, 0) is 37.1 Å². The molecule has 0 saturated heterocycles. The van der Waals surface area contributed by atoms with Crippen LogP contribution >= 0.6 is 0 Å². The number of nitrogens with zero attached hydrogens (tertiary/aromatic N) is 3. The Morgan fingerprint density at radius 2 is 1.85 bits per heavy atom. The summed E-state index contributed by atoms with van der Waals surface area (Å²) in [6.07, 6.45) is -4.80. The normalized spacial score (nSPS) is 14.1. The molecule has 0 aliphatic carbocycles. The second kappa shape index (κ2) is 8.85. The fourth-order valence-corrected chi connectivity index (χ4v) is 4.11. The van der Waals surface area contributed by atoms with E-state index in [4.69, 9.17) is 5.11 Å². The lowest BCUT2D eigenvalue weighted by molar-refractivity contribution is -0.141. The summed E-state index contributed by atoms with van der Waals surface area (Å²) in [5.74, 6) is -1.85. The lowest BCUT2D eigenvalue weighted by atomic mass is 10.1. The summed E-state index contributed by atoms with van der Waals surface area (Å²) in [7, 11) is 0. The molecule has 0 bridgehead atoms. The van der Waals surface area contributed by atoms with Gasteiger partial charge in [0.2, 0.25) is 0 Å². The molecule has 1 aliphatic rings. The van der Waals surface area contributed by atoms with Crippen molar-refractivity contribution in [3.05, 3.63) is 82.0 Å². The van der Waals surface area contributed by atoms with E-state index in [1.54, 1.807) is 11.8 Å². The second-order valence-electron chi connectivity index (χ2n) is 8.30. The molecule has 1 aliphatic heterocycles. The van der Waals surface area contributed by atoms with Gasteiger partial charge in [-0.25, -0.2) is 9.48 Å². The second-order valence-corrected chi connectivity index (χ2v) is 8.30. The van der Waals surface area contributed by atoms with Gasteiger partial charge in [0.1, 0.15) is 11.4 Å². The van der Waals surface area contributed by atoms with Crippen LogP contribution in [0.2, 0.25) is 0 Å². The Labute approximate surface area is 193 Å². The van der Waals surface area contributed by atoms with Crippen LogP contribution in [0.25, 0.3) is 0 Å². The molecule has 3 aromatic rings. The number of aromatic carboxylic acids is 1. The van der Waals surface area contributed by atoms with E-state index in [-0.39, 0.29) is 17.9 Å². The molecular weight excluding hydrogens is 449 g/mol. The van der Waals surface area contributed by atoms with E-state index in [1.807, 2.05) is 31.2 Å². The van der Waals surface area contributed by atoms with Gasteiger partial charge in [0, 0.05) is 13.1 Å². The van der Waals surface area contributed by atoms with Crippen molar-refractivity contribution in [2.75, 3.05) is 11.4 Å². The minimum absolute atomic E-state index is 0.0721. The highest BCUT2D eigenvalue weighted by Gasteiger charge is 2.44. The van der Waals surface area contributed by atoms with Crippen LogP contribution in [-0.2, 0) is 19.3 Å². The van der Waals surface area contributed by atoms with E-state index in [1.165, 1.54) is 28.9 Å². The third-order valence-electron chi connectivity index (χ3n) is 5.76. The van der Waals surface area contributed by atoms with Gasteiger partial charge in [0.05, 0.1) is 18.2 Å². The number of anilines is 1. The predicted octanol–water partition coefficient (Wildman–Crippen LogP) is 4.42. The third-order valence-corrected chi connectivity index (χ3v) is 5.76. The van der Waals surface area contributed by atoms with Crippen LogP contribution < -0.4 is 10.2 Å². The maximum Gasteiger partial charge on any atom is 0.436 e. The van der Waals surface area contributed by atoms with Gasteiger partial charge < -0.3 is 15.3 Å². The van der Waals surface area contributed by atoms with Gasteiger partial charge in [-0.15, -0.1) is 0 Å². The number of carboxylic acids is 1. The maximum absolute atomic E-state index is 13.8. The fraction of sp³-hybridized carbons (Fsp3) is 0.292. The molecular formula is C24H23F3N4O3. The predicted molar refractivity (Wildman–Crippen MR) is 119 cm³/mol. The average Bonchev–Trinajstić information content (AvgIpc) is 3.34. The highest BCUT2D eigenvalue weighted by molar-refractivity contribution is 6.01. The Balaban J connectivity index is 1.65. The number of carbonyl (C=O) groups is 2. The minimum Gasteiger partial charge on any atom is -0.478 e. The standard InChI is InChI=1S/C24H23F3N4O3/c1-14-4-3-5-16(12-14)13-30-10-11-31-22(30)19(20(29-31)24(25,26)27)21(32)28-15(2)17-6-8-18(9-7-17)23(33)34/h3-9,12,15H,10-11,13H2,1-2H3,(H,28,32)(H,33,34). The highest BCUT2D eigenvalue weighted by atomic mass is 19.4. The van der Waals surface area contributed by atoms with Gasteiger partial charge in [-0.2, -0.15) is 18.3 Å². The fourth-order valence-electron chi connectivity index (χ4n) is 4.11. The molecule has 178 valence electrons. The molecule has 1 atom stereocenters. The van der Waals surface area contributed by atoms with Crippen molar-refractivity contribution in [3.63, 3.8) is 0 Å². The lowest BCUT2D eigenvalue weighted by Gasteiger charge is -2.21. The maximum atomic E-state index is 13.8. The van der Waals surface area contributed by atoms with Gasteiger partial charge in [-0.1, -0.05) is 42.0 Å². The highest BCUT2D eigenvalue weighted by Crippen LogP contribution is 2.38. The van der Waals surface area contributed by atoms with Crippen molar-refractivity contribution in [1.82, 2.24) is 15.1 Å². The first-order valence-electron chi connectivity index (χ1n) is 10.7. The van der Waals surface area contributed by atoms with Crippen molar-refractivity contribution < 1.29 is 27.9 Å². The molecule has 1 unspecified atom stereocenters. The number of aryl methyl sites for hydroxylation is 1. The van der Waals surface area contributed by atoms with Crippen molar-refractivity contribution in [1.29, 1.82) is 0 Å². The Morgan fingerprint density at radius 1 is 1.15 bits per heavy atom. The van der Waals surface area contributed by atoms with Crippen LogP contribution in [0.5, 0.6) is 0 Å². The number of carbonyl (C=O) groups excluding carboxylic acids is 1. The summed E-state index contributed by atoms with van der Waals surface area (Å²) >= 11 is 0. The lowest BCUT2D eigenvalue weighted by Crippen LogP contribution is -2.31. The molecule has 0 radical (unpaired) electrons. The number of amides is 1. The number of halogens is 3. The van der Waals surface area contributed by atoms with Crippen molar-refractivity contribution >= 4 is 17.7 Å². The van der Waals surface area contributed by atoms with E-state index < -0.39 is 35.4 Å². The zero-order valence-corrected chi connectivity index (χ0v) is 18.6. The molecule has 2 N–H and O–H groups in total. The Bertz CT molecular complexity index is 1240. The molecule has 7 nitrogen and oxygen atoms in total. The Morgan fingerprint density at radius 3 is 2.47 bits per heavy atom. The van der Waals surface area contributed by atoms with Crippen LogP contribution in [0.1, 0.15) is 56.1 Å². The van der Waals surface area contributed by atoms with Gasteiger partial charge in [0.15, 0.2) is 5.69 Å². The first-order chi connectivity index (χ1) is 16.0. The number of rotatable bonds is 6.